The van der Waals surface area contributed by atoms with Gasteiger partial charge in [-0.1, -0.05) is 29.8 Å². The molecule has 0 spiro atoms. The summed E-state index contributed by atoms with van der Waals surface area (Å²) in [5, 5.41) is 15.7. The number of carbonyl (C=O) groups is 2. The van der Waals surface area contributed by atoms with Crippen molar-refractivity contribution in [3.63, 3.8) is 0 Å². The van der Waals surface area contributed by atoms with Gasteiger partial charge in [0.15, 0.2) is 0 Å². The van der Waals surface area contributed by atoms with Crippen molar-refractivity contribution >= 4 is 40.9 Å². The summed E-state index contributed by atoms with van der Waals surface area (Å²) >= 11 is 5.93. The fourth-order valence-corrected chi connectivity index (χ4v) is 3.04. The number of nitro benzene ring substituents is 1. The second-order valence-electron chi connectivity index (χ2n) is 6.91. The highest BCUT2D eigenvalue weighted by Gasteiger charge is 2.18. The van der Waals surface area contributed by atoms with Gasteiger partial charge in [-0.15, -0.1) is 0 Å². The fourth-order valence-electron chi connectivity index (χ4n) is 2.79. The number of nitrogens with one attached hydrogen (secondary N) is 2. The molecule has 0 bridgehead atoms. The number of nitrogens with zero attached hydrogens (tertiary/aromatic N) is 1. The number of nitro groups is 1. The molecule has 0 fully saturated rings. The normalized spacial score (nSPS) is 11.1. The Balaban J connectivity index is 1.96. The van der Waals surface area contributed by atoms with Crippen LogP contribution in [0.4, 0.5) is 20.2 Å². The zero-order chi connectivity index (χ0) is 24.1. The van der Waals surface area contributed by atoms with Gasteiger partial charge in [0.25, 0.3) is 17.5 Å². The molecule has 0 aliphatic rings. The Morgan fingerprint density at radius 1 is 1.06 bits per heavy atom. The molecule has 0 atom stereocenters. The highest BCUT2D eigenvalue weighted by molar-refractivity contribution is 6.34. The molecule has 0 saturated heterocycles. The number of hydrogen-bond acceptors (Lipinski definition) is 4. The molecule has 33 heavy (non-hydrogen) atoms. The van der Waals surface area contributed by atoms with Crippen molar-refractivity contribution in [3.05, 3.63) is 110 Å². The van der Waals surface area contributed by atoms with Gasteiger partial charge >= 0.3 is 0 Å². The Morgan fingerprint density at radius 2 is 1.82 bits per heavy atom. The lowest BCUT2D eigenvalue weighted by Crippen LogP contribution is -2.31. The number of carbonyl (C=O) groups excluding carboxylic acids is 2. The monoisotopic (exact) mass is 471 g/mol. The number of rotatable bonds is 6. The van der Waals surface area contributed by atoms with Crippen LogP contribution in [0, 0.1) is 28.7 Å². The lowest BCUT2D eigenvalue weighted by atomic mass is 10.1. The van der Waals surface area contributed by atoms with Crippen LogP contribution < -0.4 is 10.6 Å². The molecule has 3 rings (SSSR count). The second-order valence-corrected chi connectivity index (χ2v) is 7.31. The van der Waals surface area contributed by atoms with Gasteiger partial charge in [-0.2, -0.15) is 0 Å². The van der Waals surface area contributed by atoms with Crippen molar-refractivity contribution in [1.29, 1.82) is 0 Å². The van der Waals surface area contributed by atoms with Gasteiger partial charge in [-0.05, 0) is 54.5 Å². The number of benzene rings is 3. The minimum Gasteiger partial charge on any atom is -0.321 e. The van der Waals surface area contributed by atoms with Crippen LogP contribution in [0.25, 0.3) is 6.08 Å². The highest BCUT2D eigenvalue weighted by atomic mass is 35.5. The summed E-state index contributed by atoms with van der Waals surface area (Å²) in [5.41, 5.74) is 0.118. The van der Waals surface area contributed by atoms with E-state index in [1.165, 1.54) is 42.5 Å². The number of halogens is 3. The van der Waals surface area contributed by atoms with Gasteiger partial charge in [0.1, 0.15) is 17.3 Å². The Labute approximate surface area is 191 Å². The summed E-state index contributed by atoms with van der Waals surface area (Å²) in [6.45, 7) is 1.56. The van der Waals surface area contributed by atoms with E-state index < -0.39 is 28.4 Å². The van der Waals surface area contributed by atoms with Gasteiger partial charge in [-0.3, -0.25) is 19.7 Å². The number of amides is 2. The maximum absolute atomic E-state index is 13.9. The maximum Gasteiger partial charge on any atom is 0.272 e. The van der Waals surface area contributed by atoms with Crippen LogP contribution in [-0.4, -0.2) is 16.7 Å². The molecule has 2 amide bonds. The predicted molar refractivity (Wildman–Crippen MR) is 120 cm³/mol. The maximum atomic E-state index is 13.9. The van der Waals surface area contributed by atoms with Gasteiger partial charge < -0.3 is 10.6 Å². The Morgan fingerprint density at radius 3 is 2.48 bits per heavy atom. The van der Waals surface area contributed by atoms with E-state index >= 15 is 0 Å². The molecule has 0 aliphatic carbocycles. The molecular weight excluding hydrogens is 456 g/mol. The molecule has 2 N–H and O–H groups in total. The summed E-state index contributed by atoms with van der Waals surface area (Å²) in [4.78, 5) is 36.0. The topological polar surface area (TPSA) is 101 Å². The first-order chi connectivity index (χ1) is 15.6. The highest BCUT2D eigenvalue weighted by Crippen LogP contribution is 2.20. The zero-order valence-electron chi connectivity index (χ0n) is 17.1. The van der Waals surface area contributed by atoms with Crippen LogP contribution >= 0.6 is 11.6 Å². The largest absolute Gasteiger partial charge is 0.321 e. The van der Waals surface area contributed by atoms with E-state index in [4.69, 9.17) is 11.6 Å². The van der Waals surface area contributed by atoms with E-state index in [2.05, 4.69) is 10.6 Å². The quantitative estimate of drug-likeness (QED) is 0.291. The van der Waals surface area contributed by atoms with Crippen LogP contribution in [0.3, 0.4) is 0 Å². The van der Waals surface area contributed by atoms with Gasteiger partial charge in [0.2, 0.25) is 0 Å². The van der Waals surface area contributed by atoms with E-state index in [-0.39, 0.29) is 33.2 Å². The molecule has 3 aromatic carbocycles. The summed E-state index contributed by atoms with van der Waals surface area (Å²) in [6, 6.07) is 12.5. The fraction of sp³-hybridized carbons (Fsp3) is 0.0435. The van der Waals surface area contributed by atoms with Gasteiger partial charge in [0, 0.05) is 17.8 Å². The Hall–Kier alpha value is -4.11. The Kier molecular flexibility index (Phi) is 7.14. The van der Waals surface area contributed by atoms with Crippen LogP contribution in [0.5, 0.6) is 0 Å². The van der Waals surface area contributed by atoms with Crippen LogP contribution in [0.1, 0.15) is 21.5 Å². The number of aryl methyl sites for hydroxylation is 1. The van der Waals surface area contributed by atoms with Crippen molar-refractivity contribution in [2.24, 2.45) is 0 Å². The molecule has 0 unspecified atom stereocenters. The molecule has 0 aromatic heterocycles. The minimum absolute atomic E-state index is 0.0998. The smallest absolute Gasteiger partial charge is 0.272 e. The molecule has 0 radical (unpaired) electrons. The summed E-state index contributed by atoms with van der Waals surface area (Å²) in [7, 11) is 0. The van der Waals surface area contributed by atoms with E-state index in [0.29, 0.717) is 5.56 Å². The number of non-ortho nitro benzene ring substituents is 1. The zero-order valence-corrected chi connectivity index (χ0v) is 17.8. The molecule has 3 aromatic rings. The molecule has 7 nitrogen and oxygen atoms in total. The SMILES string of the molecule is Cc1ccc(NC(=O)C(=Cc2cccc([N+](=O)[O-])c2)NC(=O)c2ccc(F)cc2Cl)cc1F. The first-order valence-corrected chi connectivity index (χ1v) is 9.82. The lowest BCUT2D eigenvalue weighted by molar-refractivity contribution is -0.384. The predicted octanol–water partition coefficient (Wildman–Crippen LogP) is 5.24. The number of anilines is 1. The number of hydrogen-bond donors (Lipinski definition) is 2. The molecule has 0 aliphatic heterocycles. The van der Waals surface area contributed by atoms with Crippen molar-refractivity contribution in [3.8, 4) is 0 Å². The first-order valence-electron chi connectivity index (χ1n) is 9.44. The second kappa shape index (κ2) is 10.0. The minimum atomic E-state index is -0.823. The molecular formula is C23H16ClF2N3O4. The van der Waals surface area contributed by atoms with E-state index in [9.17, 15) is 28.5 Å². The third-order valence-corrected chi connectivity index (χ3v) is 4.80. The molecule has 0 heterocycles. The molecule has 0 saturated carbocycles. The van der Waals surface area contributed by atoms with Gasteiger partial charge in [0.05, 0.1) is 15.5 Å². The van der Waals surface area contributed by atoms with E-state index in [1.807, 2.05) is 0 Å². The van der Waals surface area contributed by atoms with Crippen molar-refractivity contribution in [2.75, 3.05) is 5.32 Å². The molecule has 168 valence electrons. The summed E-state index contributed by atoms with van der Waals surface area (Å²) in [5.74, 6) is -2.83. The average Bonchev–Trinajstić information content (AvgIpc) is 2.76. The van der Waals surface area contributed by atoms with Crippen LogP contribution in [-0.2, 0) is 4.79 Å². The standard InChI is InChI=1S/C23H16ClF2N3O4/c1-13-5-7-16(12-20(13)26)27-23(31)21(10-14-3-2-4-17(9-14)29(32)33)28-22(30)18-8-6-15(25)11-19(18)24/h2-12H,1H3,(H,27,31)(H,28,30). The summed E-state index contributed by atoms with van der Waals surface area (Å²) in [6.07, 6.45) is 1.21. The van der Waals surface area contributed by atoms with Crippen molar-refractivity contribution < 1.29 is 23.3 Å². The van der Waals surface area contributed by atoms with Crippen LogP contribution in [0.2, 0.25) is 5.02 Å². The van der Waals surface area contributed by atoms with Crippen molar-refractivity contribution in [2.45, 2.75) is 6.92 Å². The lowest BCUT2D eigenvalue weighted by Gasteiger charge is -2.12. The first kappa shape index (κ1) is 23.6. The summed E-state index contributed by atoms with van der Waals surface area (Å²) < 4.78 is 27.2. The third-order valence-electron chi connectivity index (χ3n) is 4.49. The Bertz CT molecular complexity index is 1290. The molecule has 10 heteroatoms. The van der Waals surface area contributed by atoms with Crippen molar-refractivity contribution in [1.82, 2.24) is 5.32 Å². The van der Waals surface area contributed by atoms with Crippen LogP contribution in [0.15, 0.2) is 66.4 Å². The van der Waals surface area contributed by atoms with Gasteiger partial charge in [-0.25, -0.2) is 8.78 Å². The van der Waals surface area contributed by atoms with E-state index in [0.717, 1.165) is 24.3 Å². The van der Waals surface area contributed by atoms with E-state index in [1.54, 1.807) is 6.92 Å². The average molecular weight is 472 g/mol. The third kappa shape index (κ3) is 5.98.